The van der Waals surface area contributed by atoms with E-state index in [9.17, 15) is 5.11 Å². The number of thioether (sulfide) groups is 1. The minimum Gasteiger partial charge on any atom is -0.508 e. The average molecular weight is 269 g/mol. The molecule has 0 aliphatic carbocycles. The highest BCUT2D eigenvalue weighted by Crippen LogP contribution is 2.25. The van der Waals surface area contributed by atoms with Gasteiger partial charge in [0.15, 0.2) is 0 Å². The van der Waals surface area contributed by atoms with Gasteiger partial charge in [-0.2, -0.15) is 11.8 Å². The summed E-state index contributed by atoms with van der Waals surface area (Å²) in [5.41, 5.74) is 0.973. The summed E-state index contributed by atoms with van der Waals surface area (Å²) in [7, 11) is 0. The lowest BCUT2D eigenvalue weighted by molar-refractivity contribution is 0.296. The Hall–Kier alpha value is -0.710. The predicted octanol–water partition coefficient (Wildman–Crippen LogP) is 2.55. The second-order valence-corrected chi connectivity index (χ2v) is 5.39. The van der Waals surface area contributed by atoms with Gasteiger partial charge in [-0.05, 0) is 24.7 Å². The van der Waals surface area contributed by atoms with Crippen molar-refractivity contribution in [2.45, 2.75) is 25.8 Å². The van der Waals surface area contributed by atoms with E-state index in [2.05, 4.69) is 12.2 Å². The zero-order valence-electron chi connectivity index (χ0n) is 10.9. The van der Waals surface area contributed by atoms with Crippen LogP contribution in [0.15, 0.2) is 24.3 Å². The van der Waals surface area contributed by atoms with Crippen LogP contribution in [0, 0.1) is 0 Å². The van der Waals surface area contributed by atoms with Crippen LogP contribution < -0.4 is 5.32 Å². The molecule has 0 heterocycles. The lowest BCUT2D eigenvalue weighted by Crippen LogP contribution is -2.23. The fourth-order valence-electron chi connectivity index (χ4n) is 1.83. The Morgan fingerprint density at radius 3 is 2.72 bits per heavy atom. The Morgan fingerprint density at radius 2 is 2.06 bits per heavy atom. The Balaban J connectivity index is 2.32. The molecule has 0 fully saturated rings. The van der Waals surface area contributed by atoms with Gasteiger partial charge in [0.05, 0.1) is 0 Å². The largest absolute Gasteiger partial charge is 0.508 e. The maximum Gasteiger partial charge on any atom is 0.120 e. The number of phenols is 1. The van der Waals surface area contributed by atoms with Gasteiger partial charge in [-0.15, -0.1) is 0 Å². The van der Waals surface area contributed by atoms with E-state index in [4.69, 9.17) is 5.11 Å². The molecule has 1 unspecified atom stereocenters. The van der Waals surface area contributed by atoms with E-state index in [1.54, 1.807) is 6.07 Å². The van der Waals surface area contributed by atoms with Crippen LogP contribution in [-0.4, -0.2) is 34.9 Å². The van der Waals surface area contributed by atoms with E-state index < -0.39 is 0 Å². The second-order valence-electron chi connectivity index (χ2n) is 4.16. The van der Waals surface area contributed by atoms with Gasteiger partial charge in [0.2, 0.25) is 0 Å². The predicted molar refractivity (Wildman–Crippen MR) is 78.2 cm³/mol. The van der Waals surface area contributed by atoms with E-state index in [0.717, 1.165) is 36.5 Å². The summed E-state index contributed by atoms with van der Waals surface area (Å²) in [6.07, 6.45) is 1.82. The summed E-state index contributed by atoms with van der Waals surface area (Å²) >= 11 is 1.84. The SMILES string of the molecule is CCC(NCCSCCCO)c1ccccc1O. The molecule has 1 aromatic rings. The van der Waals surface area contributed by atoms with Gasteiger partial charge < -0.3 is 15.5 Å². The normalized spacial score (nSPS) is 12.6. The van der Waals surface area contributed by atoms with Crippen molar-refractivity contribution in [3.63, 3.8) is 0 Å². The third-order valence-electron chi connectivity index (χ3n) is 2.80. The van der Waals surface area contributed by atoms with Crippen LogP contribution in [-0.2, 0) is 0 Å². The highest BCUT2D eigenvalue weighted by atomic mass is 32.2. The molecule has 0 saturated carbocycles. The van der Waals surface area contributed by atoms with Crippen LogP contribution in [0.4, 0.5) is 0 Å². The lowest BCUT2D eigenvalue weighted by atomic mass is 10.0. The summed E-state index contributed by atoms with van der Waals surface area (Å²) < 4.78 is 0. The summed E-state index contributed by atoms with van der Waals surface area (Å²) in [5.74, 6) is 2.40. The number of aliphatic hydroxyl groups excluding tert-OH is 1. The molecule has 0 amide bonds. The van der Waals surface area contributed by atoms with Crippen molar-refractivity contribution < 1.29 is 10.2 Å². The molecule has 0 bridgehead atoms. The summed E-state index contributed by atoms with van der Waals surface area (Å²) in [5, 5.41) is 21.9. The highest BCUT2D eigenvalue weighted by Gasteiger charge is 2.11. The van der Waals surface area contributed by atoms with Gasteiger partial charge in [-0.3, -0.25) is 0 Å². The third kappa shape index (κ3) is 5.29. The van der Waals surface area contributed by atoms with Gasteiger partial charge in [0.1, 0.15) is 5.75 Å². The van der Waals surface area contributed by atoms with Crippen molar-refractivity contribution in [1.82, 2.24) is 5.32 Å². The van der Waals surface area contributed by atoms with Crippen molar-refractivity contribution in [1.29, 1.82) is 0 Å². The lowest BCUT2D eigenvalue weighted by Gasteiger charge is -2.18. The average Bonchev–Trinajstić information content (AvgIpc) is 2.39. The van der Waals surface area contributed by atoms with E-state index in [1.165, 1.54) is 0 Å². The number of rotatable bonds is 9. The molecule has 0 aliphatic heterocycles. The van der Waals surface area contributed by atoms with Gasteiger partial charge in [0.25, 0.3) is 0 Å². The molecule has 0 aliphatic rings. The number of aromatic hydroxyl groups is 1. The topological polar surface area (TPSA) is 52.5 Å². The molecule has 0 saturated heterocycles. The number of phenolic OH excluding ortho intramolecular Hbond substituents is 1. The van der Waals surface area contributed by atoms with Crippen LogP contribution >= 0.6 is 11.8 Å². The van der Waals surface area contributed by atoms with Gasteiger partial charge in [0, 0.05) is 30.5 Å². The molecule has 18 heavy (non-hydrogen) atoms. The van der Waals surface area contributed by atoms with Crippen LogP contribution in [0.1, 0.15) is 31.4 Å². The van der Waals surface area contributed by atoms with Crippen LogP contribution in [0.3, 0.4) is 0 Å². The monoisotopic (exact) mass is 269 g/mol. The summed E-state index contributed by atoms with van der Waals surface area (Å²) in [4.78, 5) is 0. The maximum absolute atomic E-state index is 9.81. The van der Waals surface area contributed by atoms with E-state index in [1.807, 2.05) is 30.0 Å². The van der Waals surface area contributed by atoms with Crippen LogP contribution in [0.25, 0.3) is 0 Å². The number of hydrogen-bond donors (Lipinski definition) is 3. The smallest absolute Gasteiger partial charge is 0.120 e. The Kier molecular flexibility index (Phi) is 7.89. The van der Waals surface area contributed by atoms with Gasteiger partial charge >= 0.3 is 0 Å². The quantitative estimate of drug-likeness (QED) is 0.603. The highest BCUT2D eigenvalue weighted by molar-refractivity contribution is 7.99. The zero-order chi connectivity index (χ0) is 13.2. The number of hydrogen-bond acceptors (Lipinski definition) is 4. The molecule has 102 valence electrons. The van der Waals surface area contributed by atoms with E-state index >= 15 is 0 Å². The van der Waals surface area contributed by atoms with Crippen molar-refractivity contribution in [3.05, 3.63) is 29.8 Å². The Labute approximate surface area is 114 Å². The number of benzene rings is 1. The van der Waals surface area contributed by atoms with Crippen molar-refractivity contribution >= 4 is 11.8 Å². The number of aliphatic hydroxyl groups is 1. The maximum atomic E-state index is 9.81. The zero-order valence-corrected chi connectivity index (χ0v) is 11.7. The van der Waals surface area contributed by atoms with Crippen molar-refractivity contribution in [2.75, 3.05) is 24.7 Å². The molecule has 3 nitrogen and oxygen atoms in total. The molecule has 1 rings (SSSR count). The van der Waals surface area contributed by atoms with Crippen LogP contribution in [0.2, 0.25) is 0 Å². The molecule has 0 aromatic heterocycles. The minimum absolute atomic E-state index is 0.213. The Morgan fingerprint density at radius 1 is 1.28 bits per heavy atom. The molecule has 1 aromatic carbocycles. The molecule has 0 spiro atoms. The molecule has 1 atom stereocenters. The summed E-state index contributed by atoms with van der Waals surface area (Å²) in [6, 6.07) is 7.71. The molecule has 0 radical (unpaired) electrons. The summed E-state index contributed by atoms with van der Waals surface area (Å²) in [6.45, 7) is 3.31. The molecular formula is C14H23NO2S. The second kappa shape index (κ2) is 9.25. The first-order valence-electron chi connectivity index (χ1n) is 6.49. The van der Waals surface area contributed by atoms with Gasteiger partial charge in [-0.1, -0.05) is 25.1 Å². The fourth-order valence-corrected chi connectivity index (χ4v) is 2.63. The van der Waals surface area contributed by atoms with E-state index in [0.29, 0.717) is 5.75 Å². The first-order valence-corrected chi connectivity index (χ1v) is 7.65. The standard InChI is InChI=1S/C14H23NO2S/c1-2-13(12-6-3-4-7-14(12)17)15-8-11-18-10-5-9-16/h3-4,6-7,13,15-17H,2,5,8-11H2,1H3. The van der Waals surface area contributed by atoms with Gasteiger partial charge in [-0.25, -0.2) is 0 Å². The molecule has 3 N–H and O–H groups in total. The third-order valence-corrected chi connectivity index (χ3v) is 3.87. The van der Waals surface area contributed by atoms with Crippen molar-refractivity contribution in [3.8, 4) is 5.75 Å². The van der Waals surface area contributed by atoms with Crippen molar-refractivity contribution in [2.24, 2.45) is 0 Å². The first-order chi connectivity index (χ1) is 8.79. The first kappa shape index (κ1) is 15.3. The fraction of sp³-hybridized carbons (Fsp3) is 0.571. The number of para-hydroxylation sites is 1. The molecule has 4 heteroatoms. The van der Waals surface area contributed by atoms with E-state index in [-0.39, 0.29) is 12.6 Å². The molecular weight excluding hydrogens is 246 g/mol. The Bertz CT molecular complexity index is 333. The van der Waals surface area contributed by atoms with Crippen LogP contribution in [0.5, 0.6) is 5.75 Å². The number of nitrogens with one attached hydrogen (secondary N) is 1. The minimum atomic E-state index is 0.213.